The van der Waals surface area contributed by atoms with Gasteiger partial charge in [-0.3, -0.25) is 14.4 Å². The number of ether oxygens (including phenoxy) is 2. The maximum Gasteiger partial charge on any atom is 0.193 e. The van der Waals surface area contributed by atoms with Gasteiger partial charge in [0.2, 0.25) is 0 Å². The van der Waals surface area contributed by atoms with Crippen molar-refractivity contribution in [2.75, 3.05) is 6.61 Å². The summed E-state index contributed by atoms with van der Waals surface area (Å²) in [6.07, 6.45) is -5.90. The fourth-order valence-corrected chi connectivity index (χ4v) is 4.45. The summed E-state index contributed by atoms with van der Waals surface area (Å²) in [5.74, 6) is -1.90. The van der Waals surface area contributed by atoms with E-state index in [2.05, 4.69) is 4.98 Å². The van der Waals surface area contributed by atoms with Gasteiger partial charge in [0.25, 0.3) is 0 Å². The Kier molecular flexibility index (Phi) is 5.47. The van der Waals surface area contributed by atoms with E-state index in [9.17, 15) is 34.8 Å². The number of benzene rings is 1. The molecule has 0 amide bonds. The van der Waals surface area contributed by atoms with Gasteiger partial charge in [-0.15, -0.1) is 0 Å². The van der Waals surface area contributed by atoms with Crippen LogP contribution in [0.3, 0.4) is 0 Å². The van der Waals surface area contributed by atoms with Gasteiger partial charge in [-0.2, -0.15) is 0 Å². The molecule has 11 heteroatoms. The number of aromatic nitrogens is 1. The van der Waals surface area contributed by atoms with Crippen molar-refractivity contribution in [1.82, 2.24) is 4.98 Å². The molecule has 3 unspecified atom stereocenters. The van der Waals surface area contributed by atoms with Crippen LogP contribution in [0.1, 0.15) is 40.6 Å². The Hall–Kier alpha value is -2.80. The van der Waals surface area contributed by atoms with Gasteiger partial charge in [-0.05, 0) is 18.2 Å². The molecule has 5 aliphatic rings. The van der Waals surface area contributed by atoms with Crippen LogP contribution in [-0.4, -0.2) is 80.4 Å². The molecule has 33 heavy (non-hydrogen) atoms. The summed E-state index contributed by atoms with van der Waals surface area (Å²) in [5, 5.41) is 39.7. The lowest BCUT2D eigenvalue weighted by molar-refractivity contribution is -0.308. The first kappa shape index (κ1) is 22.0. The highest BCUT2D eigenvalue weighted by Gasteiger charge is 2.47. The molecule has 174 valence electrons. The van der Waals surface area contributed by atoms with Gasteiger partial charge in [-0.25, -0.2) is 4.98 Å². The van der Waals surface area contributed by atoms with Crippen LogP contribution in [0.25, 0.3) is 17.5 Å². The molecule has 3 heterocycles. The zero-order chi connectivity index (χ0) is 23.4. The third-order valence-electron chi connectivity index (χ3n) is 6.22. The third-order valence-corrected chi connectivity index (χ3v) is 6.22. The molecule has 0 radical (unpaired) electrons. The molecule has 0 aromatic heterocycles. The smallest absolute Gasteiger partial charge is 0.193 e. The molecule has 5 rings (SSSR count). The summed E-state index contributed by atoms with van der Waals surface area (Å²) in [6.45, 7) is -0.635. The lowest BCUT2D eigenvalue weighted by Crippen LogP contribution is -2.60. The minimum absolute atomic E-state index is 0.00663. The van der Waals surface area contributed by atoms with E-state index < -0.39 is 66.3 Å². The monoisotopic (exact) mass is 459 g/mol. The number of aliphatic hydroxyl groups is 4. The zero-order valence-corrected chi connectivity index (χ0v) is 17.2. The van der Waals surface area contributed by atoms with Gasteiger partial charge < -0.3 is 34.3 Å². The summed E-state index contributed by atoms with van der Waals surface area (Å²) in [5.41, 5.74) is -0.0576. The highest BCUT2D eigenvalue weighted by Crippen LogP contribution is 2.39. The quantitative estimate of drug-likeness (QED) is 0.442. The number of nitrogens with zero attached hydrogens (tertiary/aromatic N) is 1. The largest absolute Gasteiger partial charge is 0.455 e. The molecule has 1 saturated heterocycles. The predicted octanol–water partition coefficient (Wildman–Crippen LogP) is -1.02. The number of hydrogen-bond acceptors (Lipinski definition) is 11. The maximum atomic E-state index is 13.1. The molecule has 0 spiro atoms. The van der Waals surface area contributed by atoms with Crippen LogP contribution in [0.5, 0.6) is 0 Å². The molecular weight excluding hydrogens is 438 g/mol. The number of aliphatic hydroxyl groups excluding tert-OH is 4. The number of ketones is 2. The number of rotatable bonds is 3. The first-order chi connectivity index (χ1) is 15.8. The van der Waals surface area contributed by atoms with E-state index in [4.69, 9.17) is 13.9 Å². The van der Waals surface area contributed by atoms with Crippen LogP contribution >= 0.6 is 0 Å². The van der Waals surface area contributed by atoms with Crippen molar-refractivity contribution in [2.24, 2.45) is 0 Å². The van der Waals surface area contributed by atoms with E-state index in [1.54, 1.807) is 6.08 Å². The van der Waals surface area contributed by atoms with E-state index in [1.165, 1.54) is 18.2 Å². The van der Waals surface area contributed by atoms with E-state index in [0.29, 0.717) is 11.4 Å². The Labute approximate surface area is 186 Å². The van der Waals surface area contributed by atoms with Crippen LogP contribution in [0, 0.1) is 0 Å². The predicted molar refractivity (Wildman–Crippen MR) is 108 cm³/mol. The fraction of sp³-hybridized carbons (Fsp3) is 0.455. The van der Waals surface area contributed by atoms with Crippen molar-refractivity contribution in [1.29, 1.82) is 0 Å². The lowest BCUT2D eigenvalue weighted by Gasteiger charge is -2.41. The van der Waals surface area contributed by atoms with Crippen LogP contribution < -0.4 is 5.43 Å². The SMILES string of the molecule is O=C1CCC(=O)C2c3oc4c1c(=O)ccc-4nc3C=CC2OC1O[C@H](CO)[C@@H](O)[C@H](O)[C@H]1O. The zero-order valence-electron chi connectivity index (χ0n) is 17.2. The molecule has 3 aliphatic heterocycles. The first-order valence-corrected chi connectivity index (χ1v) is 10.5. The molecule has 2 bridgehead atoms. The molecule has 11 nitrogen and oxygen atoms in total. The van der Waals surface area contributed by atoms with Crippen molar-refractivity contribution in [3.63, 3.8) is 0 Å². The highest BCUT2D eigenvalue weighted by molar-refractivity contribution is 6.03. The van der Waals surface area contributed by atoms with Crippen LogP contribution in [-0.2, 0) is 14.3 Å². The van der Waals surface area contributed by atoms with Gasteiger partial charge in [0.05, 0.1) is 12.7 Å². The molecule has 7 atom stereocenters. The van der Waals surface area contributed by atoms with Crippen molar-refractivity contribution in [3.05, 3.63) is 45.4 Å². The van der Waals surface area contributed by atoms with E-state index in [1.807, 2.05) is 0 Å². The van der Waals surface area contributed by atoms with Crippen LogP contribution in [0.4, 0.5) is 0 Å². The van der Waals surface area contributed by atoms with Gasteiger partial charge in [0.15, 0.2) is 23.3 Å². The minimum atomic E-state index is -1.66. The van der Waals surface area contributed by atoms with E-state index in [0.717, 1.165) is 0 Å². The third kappa shape index (κ3) is 3.53. The van der Waals surface area contributed by atoms with E-state index >= 15 is 0 Å². The summed E-state index contributed by atoms with van der Waals surface area (Å²) in [6, 6.07) is 2.68. The summed E-state index contributed by atoms with van der Waals surface area (Å²) < 4.78 is 17.1. The second-order valence-electron chi connectivity index (χ2n) is 8.27. The van der Waals surface area contributed by atoms with Gasteiger partial charge in [0, 0.05) is 12.8 Å². The molecule has 0 aromatic rings. The number of hydrogen-bond donors (Lipinski definition) is 4. The number of Topliss-reactive ketones (excluding diaryl/α,β-unsaturated/α-hetero) is 2. The molecule has 2 aliphatic carbocycles. The highest BCUT2D eigenvalue weighted by atomic mass is 16.7. The molecule has 4 N–H and O–H groups in total. The van der Waals surface area contributed by atoms with Crippen LogP contribution in [0.2, 0.25) is 0 Å². The molecule has 0 saturated carbocycles. The van der Waals surface area contributed by atoms with Gasteiger partial charge in [-0.1, -0.05) is 6.08 Å². The molecule has 1 fully saturated rings. The minimum Gasteiger partial charge on any atom is -0.455 e. The van der Waals surface area contributed by atoms with Gasteiger partial charge in [0.1, 0.15) is 58.8 Å². The number of carbonyl (C=O) groups excluding carboxylic acids is 2. The Bertz CT molecular complexity index is 1170. The fourth-order valence-electron chi connectivity index (χ4n) is 4.45. The standard InChI is InChI=1S/C22H21NO10/c24-7-14-17(28)18(29)19(30)22(32-14)31-13-6-2-9-21-16(13)12(27)5-4-11(26)15-10(25)3-1-8(23-9)20(15)33-21/h1-3,6,13-14,16-19,22,24,28-30H,4-5,7H2/t13?,14-,16?,17-,18+,19-,22?/m1/s1. The Morgan fingerprint density at radius 3 is 2.61 bits per heavy atom. The molecule has 0 aromatic carbocycles. The summed E-state index contributed by atoms with van der Waals surface area (Å²) in [4.78, 5) is 42.6. The average Bonchev–Trinajstić information content (AvgIpc) is 2.85. The Balaban J connectivity index is 1.56. The molecular formula is C22H21NO10. The first-order valence-electron chi connectivity index (χ1n) is 10.5. The van der Waals surface area contributed by atoms with Crippen molar-refractivity contribution >= 4 is 17.6 Å². The second kappa shape index (κ2) is 8.20. The van der Waals surface area contributed by atoms with Crippen molar-refractivity contribution in [2.45, 2.75) is 55.6 Å². The Morgan fingerprint density at radius 1 is 1.06 bits per heavy atom. The normalized spacial score (nSPS) is 33.8. The van der Waals surface area contributed by atoms with Gasteiger partial charge >= 0.3 is 0 Å². The number of carbonyl (C=O) groups is 2. The van der Waals surface area contributed by atoms with E-state index in [-0.39, 0.29) is 29.9 Å². The topological polar surface area (TPSA) is 177 Å². The van der Waals surface area contributed by atoms with Crippen molar-refractivity contribution < 1.29 is 43.9 Å². The second-order valence-corrected chi connectivity index (χ2v) is 8.27. The maximum absolute atomic E-state index is 13.1. The summed E-state index contributed by atoms with van der Waals surface area (Å²) >= 11 is 0. The summed E-state index contributed by atoms with van der Waals surface area (Å²) in [7, 11) is 0. The van der Waals surface area contributed by atoms with Crippen LogP contribution in [0.15, 0.2) is 27.4 Å². The Morgan fingerprint density at radius 2 is 1.85 bits per heavy atom. The average molecular weight is 459 g/mol. The van der Waals surface area contributed by atoms with Crippen molar-refractivity contribution in [3.8, 4) is 11.5 Å². The lowest BCUT2D eigenvalue weighted by atomic mass is 9.86.